The Morgan fingerprint density at radius 2 is 1.82 bits per heavy atom. The molecule has 2 aromatic heterocycles. The quantitative estimate of drug-likeness (QED) is 0.274. The van der Waals surface area contributed by atoms with Crippen molar-refractivity contribution in [2.75, 3.05) is 13.7 Å². The lowest BCUT2D eigenvalue weighted by molar-refractivity contribution is 0.0601. The van der Waals surface area contributed by atoms with Crippen LogP contribution in [0.5, 0.6) is 0 Å². The molecule has 0 unspecified atom stereocenters. The first-order chi connectivity index (χ1) is 19.1. The smallest absolute Gasteiger partial charge is 0.337 e. The Labute approximate surface area is 226 Å². The van der Waals surface area contributed by atoms with Gasteiger partial charge in [0.15, 0.2) is 0 Å². The number of ether oxygens (including phenoxy) is 1. The molecule has 5 rings (SSSR count). The molecule has 198 valence electrons. The number of aryl methyl sites for hydroxylation is 1. The lowest BCUT2D eigenvalue weighted by Crippen LogP contribution is -2.28. The van der Waals surface area contributed by atoms with Crippen LogP contribution in [0, 0.1) is 0 Å². The van der Waals surface area contributed by atoms with Crippen molar-refractivity contribution in [3.8, 4) is 22.5 Å². The predicted molar refractivity (Wildman–Crippen MR) is 150 cm³/mol. The molecule has 39 heavy (non-hydrogen) atoms. The van der Waals surface area contributed by atoms with Gasteiger partial charge in [-0.2, -0.15) is 5.21 Å². The van der Waals surface area contributed by atoms with Crippen molar-refractivity contribution in [2.24, 2.45) is 4.99 Å². The van der Waals surface area contributed by atoms with Crippen LogP contribution >= 0.6 is 0 Å². The summed E-state index contributed by atoms with van der Waals surface area (Å²) in [4.78, 5) is 22.2. The molecule has 9 heteroatoms. The van der Waals surface area contributed by atoms with Crippen molar-refractivity contribution in [3.63, 3.8) is 0 Å². The second-order valence-electron chi connectivity index (χ2n) is 9.22. The summed E-state index contributed by atoms with van der Waals surface area (Å²) >= 11 is 0. The first kappa shape index (κ1) is 26.0. The molecule has 0 atom stereocenters. The number of unbranched alkanes of at least 4 members (excludes halogenated alkanes) is 1. The molecule has 1 N–H and O–H groups in total. The molecule has 3 aromatic carbocycles. The van der Waals surface area contributed by atoms with E-state index in [1.54, 1.807) is 6.07 Å². The molecule has 0 saturated carbocycles. The number of nitrogens with one attached hydrogen (secondary N) is 1. The number of benzene rings is 3. The molecule has 0 fully saturated rings. The average molecular weight is 522 g/mol. The van der Waals surface area contributed by atoms with E-state index in [0.29, 0.717) is 24.5 Å². The number of hydrogen-bond acceptors (Lipinski definition) is 7. The minimum atomic E-state index is -0.377. The van der Waals surface area contributed by atoms with E-state index in [1.165, 1.54) is 7.11 Å². The fourth-order valence-corrected chi connectivity index (χ4v) is 4.71. The van der Waals surface area contributed by atoms with Gasteiger partial charge in [-0.05, 0) is 53.4 Å². The van der Waals surface area contributed by atoms with Gasteiger partial charge in [0, 0.05) is 23.9 Å². The zero-order valence-corrected chi connectivity index (χ0v) is 22.4. The van der Waals surface area contributed by atoms with E-state index < -0.39 is 0 Å². The number of rotatable bonds is 9. The fourth-order valence-electron chi connectivity index (χ4n) is 4.71. The molecule has 0 aliphatic heterocycles. The predicted octanol–water partition coefficient (Wildman–Crippen LogP) is 4.98. The zero-order chi connectivity index (χ0) is 27.2. The Morgan fingerprint density at radius 3 is 2.51 bits per heavy atom. The second kappa shape index (κ2) is 11.8. The first-order valence-corrected chi connectivity index (χ1v) is 13.2. The molecule has 0 aliphatic carbocycles. The molecular weight excluding hydrogens is 490 g/mol. The highest BCUT2D eigenvalue weighted by atomic mass is 16.5. The SMILES string of the molecule is CCCCc1nc2ccc(C(=O)OC)cc2c(=NCC)n1Cc1ccc(-c2ccccc2-c2nn[nH]n2)cc1. The van der Waals surface area contributed by atoms with E-state index in [2.05, 4.69) is 62.4 Å². The molecule has 0 aliphatic rings. The number of aromatic amines is 1. The maximum Gasteiger partial charge on any atom is 0.337 e. The maximum absolute atomic E-state index is 12.3. The monoisotopic (exact) mass is 521 g/mol. The summed E-state index contributed by atoms with van der Waals surface area (Å²) < 4.78 is 7.14. The molecule has 0 amide bonds. The largest absolute Gasteiger partial charge is 0.465 e. The molecular formula is C30H31N7O2. The van der Waals surface area contributed by atoms with Crippen LogP contribution in [0.15, 0.2) is 71.7 Å². The zero-order valence-electron chi connectivity index (χ0n) is 22.4. The summed E-state index contributed by atoms with van der Waals surface area (Å²) in [6, 6.07) is 22.0. The van der Waals surface area contributed by atoms with Gasteiger partial charge in [0.25, 0.3) is 0 Å². The van der Waals surface area contributed by atoms with E-state index in [0.717, 1.165) is 63.7 Å². The van der Waals surface area contributed by atoms with Crippen molar-refractivity contribution in [1.82, 2.24) is 30.2 Å². The van der Waals surface area contributed by atoms with Crippen LogP contribution in [0.2, 0.25) is 0 Å². The summed E-state index contributed by atoms with van der Waals surface area (Å²) in [7, 11) is 1.39. The minimum Gasteiger partial charge on any atom is -0.465 e. The summed E-state index contributed by atoms with van der Waals surface area (Å²) in [5.74, 6) is 1.16. The molecule has 0 bridgehead atoms. The van der Waals surface area contributed by atoms with Gasteiger partial charge in [-0.15, -0.1) is 10.2 Å². The summed E-state index contributed by atoms with van der Waals surface area (Å²) in [6.45, 7) is 5.41. The number of methoxy groups -OCH3 is 1. The maximum atomic E-state index is 12.3. The Morgan fingerprint density at radius 1 is 1.03 bits per heavy atom. The van der Waals surface area contributed by atoms with E-state index in [-0.39, 0.29) is 5.97 Å². The molecule has 9 nitrogen and oxygen atoms in total. The van der Waals surface area contributed by atoms with Gasteiger partial charge in [0.05, 0.1) is 24.7 Å². The van der Waals surface area contributed by atoms with Gasteiger partial charge in [0.1, 0.15) is 11.3 Å². The number of esters is 1. The Kier molecular flexibility index (Phi) is 7.86. The number of nitrogens with zero attached hydrogens (tertiary/aromatic N) is 6. The van der Waals surface area contributed by atoms with E-state index in [4.69, 9.17) is 14.7 Å². The first-order valence-electron chi connectivity index (χ1n) is 13.2. The number of hydrogen-bond donors (Lipinski definition) is 1. The van der Waals surface area contributed by atoms with Gasteiger partial charge in [-0.1, -0.05) is 61.9 Å². The lowest BCUT2D eigenvalue weighted by Gasteiger charge is -2.17. The van der Waals surface area contributed by atoms with Crippen LogP contribution in [-0.4, -0.2) is 49.8 Å². The average Bonchev–Trinajstić information content (AvgIpc) is 3.52. The van der Waals surface area contributed by atoms with Crippen LogP contribution in [0.3, 0.4) is 0 Å². The Balaban J connectivity index is 1.57. The number of fused-ring (bicyclic) bond motifs is 1. The van der Waals surface area contributed by atoms with Crippen LogP contribution in [0.4, 0.5) is 0 Å². The highest BCUT2D eigenvalue weighted by Gasteiger charge is 2.15. The number of carbonyl (C=O) groups excluding carboxylic acids is 1. The third-order valence-electron chi connectivity index (χ3n) is 6.66. The lowest BCUT2D eigenvalue weighted by atomic mass is 9.98. The van der Waals surface area contributed by atoms with Crippen molar-refractivity contribution < 1.29 is 9.53 Å². The normalized spacial score (nSPS) is 11.7. The summed E-state index contributed by atoms with van der Waals surface area (Å²) in [5.41, 5.74) is 6.27. The molecule has 0 saturated heterocycles. The van der Waals surface area contributed by atoms with Crippen LogP contribution in [0.25, 0.3) is 33.4 Å². The number of tetrazole rings is 1. The number of H-pyrrole nitrogens is 1. The van der Waals surface area contributed by atoms with E-state index in [9.17, 15) is 4.79 Å². The van der Waals surface area contributed by atoms with Gasteiger partial charge in [-0.3, -0.25) is 4.99 Å². The standard InChI is InChI=1S/C30H31N7O2/c1-4-6-11-27-32-26-17-16-22(30(38)39-3)18-25(26)29(31-5-2)37(27)19-20-12-14-21(15-13-20)23-9-7-8-10-24(23)28-33-35-36-34-28/h7-10,12-18H,4-6,11,19H2,1-3H3,(H,33,34,35,36). The summed E-state index contributed by atoms with van der Waals surface area (Å²) in [6.07, 6.45) is 2.93. The van der Waals surface area contributed by atoms with Crippen LogP contribution in [-0.2, 0) is 17.7 Å². The van der Waals surface area contributed by atoms with E-state index in [1.807, 2.05) is 37.3 Å². The molecule has 0 spiro atoms. The van der Waals surface area contributed by atoms with E-state index >= 15 is 0 Å². The third-order valence-corrected chi connectivity index (χ3v) is 6.66. The van der Waals surface area contributed by atoms with Crippen molar-refractivity contribution in [2.45, 2.75) is 39.7 Å². The summed E-state index contributed by atoms with van der Waals surface area (Å²) in [5, 5.41) is 15.4. The number of aromatic nitrogens is 6. The highest BCUT2D eigenvalue weighted by molar-refractivity contribution is 5.94. The third kappa shape index (κ3) is 5.47. The van der Waals surface area contributed by atoms with Crippen LogP contribution in [0.1, 0.15) is 48.4 Å². The van der Waals surface area contributed by atoms with Gasteiger partial charge in [0.2, 0.25) is 5.82 Å². The van der Waals surface area contributed by atoms with Crippen LogP contribution < -0.4 is 5.49 Å². The molecule has 0 radical (unpaired) electrons. The fraction of sp³-hybridized carbons (Fsp3) is 0.267. The van der Waals surface area contributed by atoms with Crippen molar-refractivity contribution >= 4 is 16.9 Å². The molecule has 2 heterocycles. The van der Waals surface area contributed by atoms with Gasteiger partial charge >= 0.3 is 5.97 Å². The second-order valence-corrected chi connectivity index (χ2v) is 9.22. The Bertz CT molecular complexity index is 1660. The number of carbonyl (C=O) groups is 1. The van der Waals surface area contributed by atoms with Gasteiger partial charge < -0.3 is 9.30 Å². The van der Waals surface area contributed by atoms with Crippen molar-refractivity contribution in [3.05, 3.63) is 89.2 Å². The highest BCUT2D eigenvalue weighted by Crippen LogP contribution is 2.30. The topological polar surface area (TPSA) is 111 Å². The molecule has 5 aromatic rings. The minimum absolute atomic E-state index is 0.377. The Hall–Kier alpha value is -4.66. The van der Waals surface area contributed by atoms with Gasteiger partial charge in [-0.25, -0.2) is 9.78 Å². The van der Waals surface area contributed by atoms with Crippen molar-refractivity contribution in [1.29, 1.82) is 0 Å².